The fraction of sp³-hybridized carbons (Fsp3) is 0.800. The Bertz CT molecular complexity index is 380. The van der Waals surface area contributed by atoms with E-state index in [1.54, 1.807) is 7.11 Å². The highest BCUT2D eigenvalue weighted by Crippen LogP contribution is 2.38. The highest BCUT2D eigenvalue weighted by Gasteiger charge is 2.43. The molecule has 3 aliphatic rings. The van der Waals surface area contributed by atoms with Gasteiger partial charge in [0, 0.05) is 20.2 Å². The lowest BCUT2D eigenvalue weighted by atomic mass is 9.93. The summed E-state index contributed by atoms with van der Waals surface area (Å²) >= 11 is 0. The number of carbonyl (C=O) groups is 1. The molecular formula is C15H24N2O2. The first-order valence-electron chi connectivity index (χ1n) is 7.48. The van der Waals surface area contributed by atoms with Gasteiger partial charge in [0.2, 0.25) is 5.91 Å². The average Bonchev–Trinajstić information content (AvgIpc) is 3.01. The largest absolute Gasteiger partial charge is 0.380 e. The molecule has 0 aromatic rings. The number of fused-ring (bicyclic) bond motifs is 1. The third kappa shape index (κ3) is 2.56. The van der Waals surface area contributed by atoms with E-state index >= 15 is 0 Å². The van der Waals surface area contributed by atoms with Gasteiger partial charge >= 0.3 is 0 Å². The van der Waals surface area contributed by atoms with Crippen LogP contribution in [-0.4, -0.2) is 50.2 Å². The first kappa shape index (κ1) is 13.1. The number of hydrogen-bond donors (Lipinski definition) is 1. The van der Waals surface area contributed by atoms with Crippen LogP contribution in [0, 0.1) is 11.8 Å². The molecule has 1 saturated heterocycles. The van der Waals surface area contributed by atoms with Crippen molar-refractivity contribution in [3.05, 3.63) is 11.6 Å². The van der Waals surface area contributed by atoms with Gasteiger partial charge in [-0.05, 0) is 43.2 Å². The van der Waals surface area contributed by atoms with Gasteiger partial charge in [0.25, 0.3) is 0 Å². The van der Waals surface area contributed by atoms with Gasteiger partial charge < -0.3 is 15.0 Å². The van der Waals surface area contributed by atoms with Crippen molar-refractivity contribution in [1.29, 1.82) is 0 Å². The first-order valence-corrected chi connectivity index (χ1v) is 7.48. The van der Waals surface area contributed by atoms with Crippen molar-refractivity contribution in [1.82, 2.24) is 10.2 Å². The molecule has 3 atom stereocenters. The van der Waals surface area contributed by atoms with Gasteiger partial charge in [-0.2, -0.15) is 0 Å². The summed E-state index contributed by atoms with van der Waals surface area (Å²) in [6, 6.07) is 0.0878. The zero-order valence-electron chi connectivity index (χ0n) is 11.7. The third-order valence-electron chi connectivity index (χ3n) is 4.96. The minimum absolute atomic E-state index is 0.0878. The van der Waals surface area contributed by atoms with Crippen LogP contribution in [0.3, 0.4) is 0 Å². The molecule has 106 valence electrons. The van der Waals surface area contributed by atoms with Gasteiger partial charge in [-0.1, -0.05) is 12.5 Å². The molecule has 3 rings (SSSR count). The molecule has 1 saturated carbocycles. The summed E-state index contributed by atoms with van der Waals surface area (Å²) < 4.78 is 5.15. The molecule has 1 amide bonds. The van der Waals surface area contributed by atoms with Gasteiger partial charge in [-0.3, -0.25) is 4.79 Å². The average molecular weight is 264 g/mol. The van der Waals surface area contributed by atoms with Crippen molar-refractivity contribution < 1.29 is 9.53 Å². The van der Waals surface area contributed by atoms with Crippen LogP contribution in [0.2, 0.25) is 0 Å². The summed E-state index contributed by atoms with van der Waals surface area (Å²) in [5, 5.41) is 3.46. The van der Waals surface area contributed by atoms with Crippen molar-refractivity contribution >= 4 is 5.91 Å². The van der Waals surface area contributed by atoms with E-state index in [1.807, 2.05) is 4.90 Å². The lowest BCUT2D eigenvalue weighted by Gasteiger charge is -2.30. The van der Waals surface area contributed by atoms with Crippen molar-refractivity contribution in [2.75, 3.05) is 33.4 Å². The zero-order chi connectivity index (χ0) is 13.2. The SMILES string of the molecule is COCC1=CCN(C(=O)C2NCC3CCCC32)CC1. The van der Waals surface area contributed by atoms with Gasteiger partial charge in [0.1, 0.15) is 0 Å². The van der Waals surface area contributed by atoms with Crippen LogP contribution in [0.5, 0.6) is 0 Å². The Hall–Kier alpha value is -0.870. The summed E-state index contributed by atoms with van der Waals surface area (Å²) in [4.78, 5) is 14.6. The standard InChI is InChI=1S/C15H24N2O2/c1-19-10-11-5-7-17(8-6-11)15(18)14-13-4-2-3-12(13)9-16-14/h5,12-14,16H,2-4,6-10H2,1H3. The Morgan fingerprint density at radius 3 is 3.16 bits per heavy atom. The van der Waals surface area contributed by atoms with Crippen LogP contribution in [0.4, 0.5) is 0 Å². The highest BCUT2D eigenvalue weighted by molar-refractivity contribution is 5.83. The number of nitrogens with one attached hydrogen (secondary N) is 1. The zero-order valence-corrected chi connectivity index (χ0v) is 11.7. The molecule has 0 aromatic heterocycles. The second kappa shape index (κ2) is 5.63. The molecule has 4 heteroatoms. The molecule has 0 radical (unpaired) electrons. The van der Waals surface area contributed by atoms with Gasteiger partial charge in [-0.25, -0.2) is 0 Å². The Labute approximate surface area is 115 Å². The molecule has 0 aromatic carbocycles. The van der Waals surface area contributed by atoms with Crippen LogP contribution in [0.1, 0.15) is 25.7 Å². The Kier molecular flexibility index (Phi) is 3.89. The second-order valence-corrected chi connectivity index (χ2v) is 6.07. The van der Waals surface area contributed by atoms with E-state index < -0.39 is 0 Å². The van der Waals surface area contributed by atoms with E-state index in [0.717, 1.165) is 32.0 Å². The molecule has 2 heterocycles. The maximum absolute atomic E-state index is 12.6. The van der Waals surface area contributed by atoms with Crippen molar-refractivity contribution in [2.45, 2.75) is 31.7 Å². The lowest BCUT2D eigenvalue weighted by Crippen LogP contribution is -2.47. The number of hydrogen-bond acceptors (Lipinski definition) is 3. The Morgan fingerprint density at radius 2 is 2.42 bits per heavy atom. The van der Waals surface area contributed by atoms with Crippen LogP contribution in [0.15, 0.2) is 11.6 Å². The van der Waals surface area contributed by atoms with E-state index in [1.165, 1.54) is 24.8 Å². The number of rotatable bonds is 3. The summed E-state index contributed by atoms with van der Waals surface area (Å²) in [6.45, 7) is 3.35. The van der Waals surface area contributed by atoms with Crippen LogP contribution >= 0.6 is 0 Å². The molecule has 2 fully saturated rings. The molecule has 3 unspecified atom stereocenters. The Morgan fingerprint density at radius 1 is 1.53 bits per heavy atom. The molecule has 19 heavy (non-hydrogen) atoms. The van der Waals surface area contributed by atoms with E-state index in [4.69, 9.17) is 4.74 Å². The number of nitrogens with zero attached hydrogens (tertiary/aromatic N) is 1. The summed E-state index contributed by atoms with van der Waals surface area (Å²) in [5.41, 5.74) is 1.32. The molecule has 0 spiro atoms. The quantitative estimate of drug-likeness (QED) is 0.778. The maximum atomic E-state index is 12.6. The molecule has 1 aliphatic carbocycles. The smallest absolute Gasteiger partial charge is 0.240 e. The lowest BCUT2D eigenvalue weighted by molar-refractivity contribution is -0.133. The molecule has 0 bridgehead atoms. The van der Waals surface area contributed by atoms with E-state index in [-0.39, 0.29) is 6.04 Å². The fourth-order valence-electron chi connectivity index (χ4n) is 3.88. The Balaban J connectivity index is 1.59. The third-order valence-corrected chi connectivity index (χ3v) is 4.96. The highest BCUT2D eigenvalue weighted by atomic mass is 16.5. The maximum Gasteiger partial charge on any atom is 0.240 e. The topological polar surface area (TPSA) is 41.6 Å². The van der Waals surface area contributed by atoms with Crippen molar-refractivity contribution in [3.63, 3.8) is 0 Å². The van der Waals surface area contributed by atoms with Gasteiger partial charge in [0.05, 0.1) is 12.6 Å². The molecule has 4 nitrogen and oxygen atoms in total. The van der Waals surface area contributed by atoms with Crippen LogP contribution in [0.25, 0.3) is 0 Å². The first-order chi connectivity index (χ1) is 9.29. The monoisotopic (exact) mass is 264 g/mol. The summed E-state index contributed by atoms with van der Waals surface area (Å²) in [6.07, 6.45) is 6.96. The normalized spacial score (nSPS) is 34.3. The molecule has 1 N–H and O–H groups in total. The number of methoxy groups -OCH3 is 1. The van der Waals surface area contributed by atoms with Crippen molar-refractivity contribution in [2.24, 2.45) is 11.8 Å². The number of carbonyl (C=O) groups excluding carboxylic acids is 1. The summed E-state index contributed by atoms with van der Waals surface area (Å²) in [7, 11) is 1.72. The molecule has 2 aliphatic heterocycles. The summed E-state index contributed by atoms with van der Waals surface area (Å²) in [5.74, 6) is 1.66. The van der Waals surface area contributed by atoms with Crippen molar-refractivity contribution in [3.8, 4) is 0 Å². The van der Waals surface area contributed by atoms with Gasteiger partial charge in [0.15, 0.2) is 0 Å². The van der Waals surface area contributed by atoms with E-state index in [2.05, 4.69) is 11.4 Å². The fourth-order valence-corrected chi connectivity index (χ4v) is 3.88. The number of amides is 1. The second-order valence-electron chi connectivity index (χ2n) is 6.07. The van der Waals surface area contributed by atoms with Crippen LogP contribution < -0.4 is 5.32 Å². The van der Waals surface area contributed by atoms with Gasteiger partial charge in [-0.15, -0.1) is 0 Å². The predicted octanol–water partition coefficient (Wildman–Crippen LogP) is 1.18. The number of ether oxygens (including phenoxy) is 1. The van der Waals surface area contributed by atoms with E-state index in [0.29, 0.717) is 18.4 Å². The minimum Gasteiger partial charge on any atom is -0.380 e. The minimum atomic E-state index is 0.0878. The van der Waals surface area contributed by atoms with Crippen LogP contribution in [-0.2, 0) is 9.53 Å². The van der Waals surface area contributed by atoms with E-state index in [9.17, 15) is 4.79 Å². The predicted molar refractivity (Wildman–Crippen MR) is 73.8 cm³/mol. The molecular weight excluding hydrogens is 240 g/mol.